The van der Waals surface area contributed by atoms with Crippen molar-refractivity contribution >= 4 is 5.91 Å². The zero-order chi connectivity index (χ0) is 12.7. The molecule has 3 rings (SSSR count). The van der Waals surface area contributed by atoms with Crippen LogP contribution >= 0.6 is 0 Å². The van der Waals surface area contributed by atoms with Crippen LogP contribution in [0.15, 0.2) is 0 Å². The largest absolute Gasteiger partial charge is 0.338 e. The molecule has 0 spiro atoms. The highest BCUT2D eigenvalue weighted by Crippen LogP contribution is 2.47. The molecule has 0 aromatic rings. The third-order valence-corrected chi connectivity index (χ3v) is 5.49. The lowest BCUT2D eigenvalue weighted by atomic mass is 9.93. The molecule has 3 heteroatoms. The molecule has 102 valence electrons. The van der Waals surface area contributed by atoms with Gasteiger partial charge in [-0.2, -0.15) is 0 Å². The van der Waals surface area contributed by atoms with Gasteiger partial charge >= 0.3 is 0 Å². The summed E-state index contributed by atoms with van der Waals surface area (Å²) in [5.74, 6) is 2.76. The van der Waals surface area contributed by atoms with Crippen molar-refractivity contribution in [3.63, 3.8) is 0 Å². The Balaban J connectivity index is 1.77. The van der Waals surface area contributed by atoms with Gasteiger partial charge in [-0.3, -0.25) is 4.79 Å². The molecule has 1 aliphatic heterocycles. The van der Waals surface area contributed by atoms with E-state index in [1.165, 1.54) is 32.1 Å². The summed E-state index contributed by atoms with van der Waals surface area (Å²) in [6.07, 6.45) is 7.61. The van der Waals surface area contributed by atoms with Crippen LogP contribution in [0.1, 0.15) is 45.4 Å². The summed E-state index contributed by atoms with van der Waals surface area (Å²) in [6, 6.07) is 0.627. The van der Waals surface area contributed by atoms with Crippen LogP contribution in [-0.2, 0) is 4.79 Å². The highest BCUT2D eigenvalue weighted by Gasteiger charge is 2.45. The van der Waals surface area contributed by atoms with Crippen molar-refractivity contribution in [2.24, 2.45) is 17.8 Å². The van der Waals surface area contributed by atoms with E-state index in [9.17, 15) is 4.79 Å². The molecule has 5 atom stereocenters. The Morgan fingerprint density at radius 2 is 2.00 bits per heavy atom. The van der Waals surface area contributed by atoms with Gasteiger partial charge in [0.25, 0.3) is 0 Å². The average molecular weight is 250 g/mol. The van der Waals surface area contributed by atoms with Crippen molar-refractivity contribution in [1.29, 1.82) is 0 Å². The van der Waals surface area contributed by atoms with E-state index in [0.717, 1.165) is 24.8 Å². The van der Waals surface area contributed by atoms with Crippen LogP contribution in [0, 0.1) is 17.8 Å². The van der Waals surface area contributed by atoms with Crippen LogP contribution in [0.5, 0.6) is 0 Å². The van der Waals surface area contributed by atoms with E-state index >= 15 is 0 Å². The standard InChI is InChI=1S/C15H26N2O/c1-10-3-6-13(16-2)15(18)17(9-10)14-8-11-4-5-12(14)7-11/h10-14,16H,3-9H2,1-2H3. The first kappa shape index (κ1) is 12.5. The first-order chi connectivity index (χ1) is 8.69. The lowest BCUT2D eigenvalue weighted by molar-refractivity contribution is -0.136. The van der Waals surface area contributed by atoms with E-state index in [1.807, 2.05) is 7.05 Å². The fraction of sp³-hybridized carbons (Fsp3) is 0.933. The smallest absolute Gasteiger partial charge is 0.239 e. The molecule has 5 unspecified atom stereocenters. The van der Waals surface area contributed by atoms with Crippen molar-refractivity contribution in [1.82, 2.24) is 10.2 Å². The van der Waals surface area contributed by atoms with Gasteiger partial charge in [-0.1, -0.05) is 13.3 Å². The number of likely N-dealkylation sites (N-methyl/N-ethyl adjacent to an activating group) is 1. The van der Waals surface area contributed by atoms with Gasteiger partial charge in [0, 0.05) is 12.6 Å². The van der Waals surface area contributed by atoms with Crippen molar-refractivity contribution in [2.45, 2.75) is 57.5 Å². The van der Waals surface area contributed by atoms with Gasteiger partial charge in [0.2, 0.25) is 5.91 Å². The summed E-state index contributed by atoms with van der Waals surface area (Å²) in [5, 5.41) is 3.22. The molecule has 3 aliphatic rings. The predicted octanol–water partition coefficient (Wildman–Crippen LogP) is 2.02. The minimum atomic E-state index is 0.0640. The Hall–Kier alpha value is -0.570. The van der Waals surface area contributed by atoms with Crippen LogP contribution in [0.2, 0.25) is 0 Å². The van der Waals surface area contributed by atoms with Crippen molar-refractivity contribution < 1.29 is 4.79 Å². The summed E-state index contributed by atoms with van der Waals surface area (Å²) in [7, 11) is 1.93. The number of hydrogen-bond acceptors (Lipinski definition) is 2. The number of amides is 1. The predicted molar refractivity (Wildman–Crippen MR) is 72.2 cm³/mol. The molecule has 0 radical (unpaired) electrons. The zero-order valence-electron chi connectivity index (χ0n) is 11.7. The molecular formula is C15H26N2O. The maximum absolute atomic E-state index is 12.6. The highest BCUT2D eigenvalue weighted by molar-refractivity contribution is 5.82. The second-order valence-corrected chi connectivity index (χ2v) is 6.76. The second kappa shape index (κ2) is 4.84. The topological polar surface area (TPSA) is 32.3 Å². The Labute approximate surface area is 110 Å². The molecule has 1 heterocycles. The summed E-state index contributed by atoms with van der Waals surface area (Å²) < 4.78 is 0. The van der Waals surface area contributed by atoms with Crippen LogP contribution in [0.3, 0.4) is 0 Å². The van der Waals surface area contributed by atoms with Crippen molar-refractivity contribution in [2.75, 3.05) is 13.6 Å². The Kier molecular flexibility index (Phi) is 3.35. The Bertz CT molecular complexity index is 330. The van der Waals surface area contributed by atoms with E-state index in [2.05, 4.69) is 17.1 Å². The Morgan fingerprint density at radius 1 is 1.17 bits per heavy atom. The molecule has 0 aromatic carbocycles. The maximum Gasteiger partial charge on any atom is 0.239 e. The molecule has 2 aliphatic carbocycles. The monoisotopic (exact) mass is 250 g/mol. The molecule has 1 saturated heterocycles. The number of fused-ring (bicyclic) bond motifs is 2. The number of carbonyl (C=O) groups excluding carboxylic acids is 1. The Morgan fingerprint density at radius 3 is 2.61 bits per heavy atom. The van der Waals surface area contributed by atoms with Gasteiger partial charge in [0.15, 0.2) is 0 Å². The first-order valence-electron chi connectivity index (χ1n) is 7.66. The number of rotatable bonds is 2. The van der Waals surface area contributed by atoms with Crippen molar-refractivity contribution in [3.05, 3.63) is 0 Å². The summed E-state index contributed by atoms with van der Waals surface area (Å²) in [5.41, 5.74) is 0. The van der Waals surface area contributed by atoms with E-state index in [4.69, 9.17) is 0 Å². The van der Waals surface area contributed by atoms with Crippen molar-refractivity contribution in [3.8, 4) is 0 Å². The minimum Gasteiger partial charge on any atom is -0.338 e. The third kappa shape index (κ3) is 2.07. The molecule has 1 amide bonds. The SMILES string of the molecule is CNC1CCC(C)CN(C2CC3CCC2C3)C1=O. The molecule has 0 aromatic heterocycles. The van der Waals surface area contributed by atoms with E-state index < -0.39 is 0 Å². The van der Waals surface area contributed by atoms with Gasteiger partial charge in [-0.05, 0) is 56.9 Å². The van der Waals surface area contributed by atoms with E-state index in [0.29, 0.717) is 17.9 Å². The van der Waals surface area contributed by atoms with E-state index in [1.54, 1.807) is 0 Å². The lowest BCUT2D eigenvalue weighted by Gasteiger charge is -2.36. The fourth-order valence-corrected chi connectivity index (χ4v) is 4.45. The molecular weight excluding hydrogens is 224 g/mol. The number of likely N-dealkylation sites (tertiary alicyclic amines) is 1. The number of nitrogens with zero attached hydrogens (tertiary/aromatic N) is 1. The van der Waals surface area contributed by atoms with Gasteiger partial charge in [-0.15, -0.1) is 0 Å². The number of hydrogen-bond donors (Lipinski definition) is 1. The second-order valence-electron chi connectivity index (χ2n) is 6.76. The molecule has 2 bridgehead atoms. The first-order valence-corrected chi connectivity index (χ1v) is 7.66. The summed E-state index contributed by atoms with van der Waals surface area (Å²) in [4.78, 5) is 14.9. The third-order valence-electron chi connectivity index (χ3n) is 5.49. The normalized spacial score (nSPS) is 44.4. The zero-order valence-corrected chi connectivity index (χ0v) is 11.7. The maximum atomic E-state index is 12.6. The minimum absolute atomic E-state index is 0.0640. The quantitative estimate of drug-likeness (QED) is 0.813. The number of nitrogens with one attached hydrogen (secondary N) is 1. The molecule has 3 nitrogen and oxygen atoms in total. The molecule has 18 heavy (non-hydrogen) atoms. The van der Waals surface area contributed by atoms with Crippen LogP contribution in [-0.4, -0.2) is 36.5 Å². The summed E-state index contributed by atoms with van der Waals surface area (Å²) >= 11 is 0. The van der Waals surface area contributed by atoms with Crippen LogP contribution in [0.4, 0.5) is 0 Å². The average Bonchev–Trinajstić information content (AvgIpc) is 2.95. The van der Waals surface area contributed by atoms with Gasteiger partial charge < -0.3 is 10.2 Å². The molecule has 2 saturated carbocycles. The van der Waals surface area contributed by atoms with E-state index in [-0.39, 0.29) is 6.04 Å². The number of carbonyl (C=O) groups is 1. The van der Waals surface area contributed by atoms with Gasteiger partial charge in [0.05, 0.1) is 6.04 Å². The van der Waals surface area contributed by atoms with Crippen LogP contribution in [0.25, 0.3) is 0 Å². The molecule has 3 fully saturated rings. The van der Waals surface area contributed by atoms with Crippen LogP contribution < -0.4 is 5.32 Å². The lowest BCUT2D eigenvalue weighted by Crippen LogP contribution is -2.50. The molecule has 1 N–H and O–H groups in total. The summed E-state index contributed by atoms with van der Waals surface area (Å²) in [6.45, 7) is 3.29. The van der Waals surface area contributed by atoms with Gasteiger partial charge in [0.1, 0.15) is 0 Å². The van der Waals surface area contributed by atoms with Gasteiger partial charge in [-0.25, -0.2) is 0 Å². The fourth-order valence-electron chi connectivity index (χ4n) is 4.45. The highest BCUT2D eigenvalue weighted by atomic mass is 16.2.